The molecule has 11 heavy (non-hydrogen) atoms. The molecule has 0 aromatic carbocycles. The van der Waals surface area contributed by atoms with Crippen LogP contribution in [0.1, 0.15) is 20.8 Å². The summed E-state index contributed by atoms with van der Waals surface area (Å²) in [6.45, 7) is 5.83. The largest absolute Gasteiger partial charge is 0.348 e. The van der Waals surface area contributed by atoms with Gasteiger partial charge in [-0.15, -0.1) is 0 Å². The van der Waals surface area contributed by atoms with Gasteiger partial charge in [-0.25, -0.2) is 0 Å². The average molecular weight is 172 g/mol. The molecule has 0 radical (unpaired) electrons. The zero-order valence-electron chi connectivity index (χ0n) is 6.89. The minimum absolute atomic E-state index is 0.0301. The molecule has 1 heterocycles. The molecule has 1 atom stereocenters. The molecule has 1 aliphatic rings. The van der Waals surface area contributed by atoms with Gasteiger partial charge in [0.05, 0.1) is 0 Å². The Kier molecular flexibility index (Phi) is 1.88. The van der Waals surface area contributed by atoms with E-state index < -0.39 is 5.54 Å². The summed E-state index contributed by atoms with van der Waals surface area (Å²) in [6, 6.07) is 0. The van der Waals surface area contributed by atoms with Crippen LogP contribution in [0.4, 0.5) is 0 Å². The van der Waals surface area contributed by atoms with E-state index in [1.165, 1.54) is 0 Å². The maximum atomic E-state index is 11.3. The number of rotatable bonds is 1. The molecule has 0 aliphatic carbocycles. The summed E-state index contributed by atoms with van der Waals surface area (Å²) < 4.78 is 0. The molecule has 62 valence electrons. The lowest BCUT2D eigenvalue weighted by Gasteiger charge is -2.25. The van der Waals surface area contributed by atoms with Crippen LogP contribution in [0.25, 0.3) is 0 Å². The predicted molar refractivity (Wildman–Crippen MR) is 47.1 cm³/mol. The summed E-state index contributed by atoms with van der Waals surface area (Å²) in [7, 11) is 0. The van der Waals surface area contributed by atoms with Crippen LogP contribution in [-0.4, -0.2) is 16.6 Å². The summed E-state index contributed by atoms with van der Waals surface area (Å²) in [5.41, 5.74) is -0.517. The zero-order valence-corrected chi connectivity index (χ0v) is 7.71. The van der Waals surface area contributed by atoms with Crippen molar-refractivity contribution in [3.8, 4) is 0 Å². The molecule has 0 saturated carbocycles. The van der Waals surface area contributed by atoms with Gasteiger partial charge in [0.1, 0.15) is 5.54 Å². The van der Waals surface area contributed by atoms with Gasteiger partial charge in [-0.3, -0.25) is 4.79 Å². The van der Waals surface area contributed by atoms with Gasteiger partial charge in [0, 0.05) is 0 Å². The van der Waals surface area contributed by atoms with Gasteiger partial charge in [0.2, 0.25) is 0 Å². The van der Waals surface area contributed by atoms with Gasteiger partial charge in [-0.1, -0.05) is 13.8 Å². The van der Waals surface area contributed by atoms with E-state index >= 15 is 0 Å². The fourth-order valence-corrected chi connectivity index (χ4v) is 1.27. The Bertz CT molecular complexity index is 214. The lowest BCUT2D eigenvalue weighted by atomic mass is 9.89. The molecule has 0 spiro atoms. The van der Waals surface area contributed by atoms with E-state index in [2.05, 4.69) is 10.6 Å². The number of hydrogen-bond acceptors (Lipinski definition) is 2. The van der Waals surface area contributed by atoms with Gasteiger partial charge >= 0.3 is 0 Å². The Morgan fingerprint density at radius 3 is 2.27 bits per heavy atom. The quantitative estimate of drug-likeness (QED) is 0.563. The monoisotopic (exact) mass is 172 g/mol. The van der Waals surface area contributed by atoms with Gasteiger partial charge in [0.15, 0.2) is 5.11 Å². The minimum atomic E-state index is -0.517. The standard InChI is InChI=1S/C7H12N2OS/c1-4(2)7(3)5(10)8-6(11)9-7/h4H,1-3H3,(H2,8,9,10,11). The van der Waals surface area contributed by atoms with E-state index in [4.69, 9.17) is 12.2 Å². The number of nitrogens with one attached hydrogen (secondary N) is 2. The maximum Gasteiger partial charge on any atom is 0.251 e. The lowest BCUT2D eigenvalue weighted by molar-refractivity contribution is -0.124. The lowest BCUT2D eigenvalue weighted by Crippen LogP contribution is -2.48. The first-order valence-electron chi connectivity index (χ1n) is 3.60. The van der Waals surface area contributed by atoms with Crippen LogP contribution in [0.2, 0.25) is 0 Å². The van der Waals surface area contributed by atoms with E-state index in [0.29, 0.717) is 5.11 Å². The molecule has 0 bridgehead atoms. The second kappa shape index (κ2) is 2.44. The molecule has 0 aromatic heterocycles. The first kappa shape index (κ1) is 8.46. The molecule has 4 heteroatoms. The summed E-state index contributed by atoms with van der Waals surface area (Å²) in [5, 5.41) is 5.96. The third-order valence-electron chi connectivity index (χ3n) is 2.23. The van der Waals surface area contributed by atoms with Crippen molar-refractivity contribution in [2.75, 3.05) is 0 Å². The highest BCUT2D eigenvalue weighted by Gasteiger charge is 2.42. The second-order valence-corrected chi connectivity index (χ2v) is 3.67. The van der Waals surface area contributed by atoms with Crippen molar-refractivity contribution in [2.45, 2.75) is 26.3 Å². The first-order chi connectivity index (χ1) is 4.97. The Labute approximate surface area is 71.5 Å². The van der Waals surface area contributed by atoms with Gasteiger partial charge < -0.3 is 10.6 Å². The van der Waals surface area contributed by atoms with Gasteiger partial charge in [-0.05, 0) is 25.1 Å². The third-order valence-corrected chi connectivity index (χ3v) is 2.43. The normalized spacial score (nSPS) is 30.5. The highest BCUT2D eigenvalue weighted by Crippen LogP contribution is 2.19. The van der Waals surface area contributed by atoms with E-state index in [1.807, 2.05) is 20.8 Å². The van der Waals surface area contributed by atoms with Crippen LogP contribution in [0.15, 0.2) is 0 Å². The van der Waals surface area contributed by atoms with E-state index in [0.717, 1.165) is 0 Å². The SMILES string of the molecule is CC(C)C1(C)NC(=S)NC1=O. The molecular weight excluding hydrogens is 160 g/mol. The van der Waals surface area contributed by atoms with E-state index in [1.54, 1.807) is 0 Å². The van der Waals surface area contributed by atoms with Crippen LogP contribution >= 0.6 is 12.2 Å². The van der Waals surface area contributed by atoms with Gasteiger partial charge in [-0.2, -0.15) is 0 Å². The molecule has 1 amide bonds. The molecule has 1 aliphatic heterocycles. The summed E-state index contributed by atoms with van der Waals surface area (Å²) in [6.07, 6.45) is 0. The van der Waals surface area contributed by atoms with Crippen LogP contribution in [0.5, 0.6) is 0 Å². The van der Waals surface area contributed by atoms with Crippen molar-refractivity contribution < 1.29 is 4.79 Å². The Morgan fingerprint density at radius 2 is 2.09 bits per heavy atom. The maximum absolute atomic E-state index is 11.3. The highest BCUT2D eigenvalue weighted by atomic mass is 32.1. The zero-order chi connectivity index (χ0) is 8.65. The van der Waals surface area contributed by atoms with Crippen molar-refractivity contribution in [2.24, 2.45) is 5.92 Å². The second-order valence-electron chi connectivity index (χ2n) is 3.27. The van der Waals surface area contributed by atoms with Crippen molar-refractivity contribution in [1.82, 2.24) is 10.6 Å². The molecule has 1 unspecified atom stereocenters. The van der Waals surface area contributed by atoms with Crippen molar-refractivity contribution in [3.05, 3.63) is 0 Å². The number of carbonyl (C=O) groups is 1. The first-order valence-corrected chi connectivity index (χ1v) is 4.01. The van der Waals surface area contributed by atoms with Crippen LogP contribution in [0.3, 0.4) is 0 Å². The molecule has 1 rings (SSSR count). The Morgan fingerprint density at radius 1 is 1.55 bits per heavy atom. The Balaban J connectivity index is 2.87. The van der Waals surface area contributed by atoms with Crippen LogP contribution in [0, 0.1) is 5.92 Å². The number of thiocarbonyl (C=S) groups is 1. The smallest absolute Gasteiger partial charge is 0.251 e. The molecule has 1 fully saturated rings. The average Bonchev–Trinajstić information content (AvgIpc) is 2.08. The number of carbonyl (C=O) groups excluding carboxylic acids is 1. The number of hydrogen-bond donors (Lipinski definition) is 2. The van der Waals surface area contributed by atoms with Crippen LogP contribution in [-0.2, 0) is 4.79 Å². The summed E-state index contributed by atoms with van der Waals surface area (Å²) in [4.78, 5) is 11.3. The molecule has 2 N–H and O–H groups in total. The topological polar surface area (TPSA) is 41.1 Å². The van der Waals surface area contributed by atoms with E-state index in [-0.39, 0.29) is 11.8 Å². The van der Waals surface area contributed by atoms with E-state index in [9.17, 15) is 4.79 Å². The summed E-state index contributed by atoms with van der Waals surface area (Å²) >= 11 is 4.82. The molecule has 1 saturated heterocycles. The van der Waals surface area contributed by atoms with Crippen molar-refractivity contribution in [1.29, 1.82) is 0 Å². The molecule has 3 nitrogen and oxygen atoms in total. The van der Waals surface area contributed by atoms with Crippen molar-refractivity contribution in [3.63, 3.8) is 0 Å². The molecular formula is C7H12N2OS. The highest BCUT2D eigenvalue weighted by molar-refractivity contribution is 7.80. The number of amides is 1. The summed E-state index contributed by atoms with van der Waals surface area (Å²) in [5.74, 6) is 0.209. The Hall–Kier alpha value is -0.640. The minimum Gasteiger partial charge on any atom is -0.348 e. The van der Waals surface area contributed by atoms with Crippen molar-refractivity contribution >= 4 is 23.2 Å². The predicted octanol–water partition coefficient (Wildman–Crippen LogP) is 0.405. The fraction of sp³-hybridized carbons (Fsp3) is 0.714. The molecule has 0 aromatic rings. The third kappa shape index (κ3) is 1.22. The fourth-order valence-electron chi connectivity index (χ4n) is 0.963. The van der Waals surface area contributed by atoms with Crippen LogP contribution < -0.4 is 10.6 Å². The van der Waals surface area contributed by atoms with Gasteiger partial charge in [0.25, 0.3) is 5.91 Å².